The number of nitrogens with one attached hydrogen (secondary N) is 2. The van der Waals surface area contributed by atoms with E-state index in [-0.39, 0.29) is 16.7 Å². The van der Waals surface area contributed by atoms with E-state index < -0.39 is 10.0 Å². The van der Waals surface area contributed by atoms with Crippen LogP contribution < -0.4 is 10.0 Å². The van der Waals surface area contributed by atoms with E-state index in [0.717, 1.165) is 32.4 Å². The number of hydrogen-bond acceptors (Lipinski definition) is 4. The molecule has 1 aromatic carbocycles. The molecule has 1 fully saturated rings. The van der Waals surface area contributed by atoms with Crippen molar-refractivity contribution in [2.24, 2.45) is 0 Å². The molecule has 1 saturated heterocycles. The number of amides is 2. The maximum Gasteiger partial charge on any atom is 0.321 e. The van der Waals surface area contributed by atoms with Crippen LogP contribution in [0.25, 0.3) is 0 Å². The minimum Gasteiger partial charge on any atom is -0.325 e. The smallest absolute Gasteiger partial charge is 0.321 e. The summed E-state index contributed by atoms with van der Waals surface area (Å²) in [5, 5.41) is 2.80. The molecule has 1 aliphatic rings. The molecule has 25 heavy (non-hydrogen) atoms. The monoisotopic (exact) mass is 360 g/mol. The Morgan fingerprint density at radius 3 is 2.36 bits per heavy atom. The lowest BCUT2D eigenvalue weighted by atomic mass is 10.1. The van der Waals surface area contributed by atoms with Gasteiger partial charge in [-0.15, -0.1) is 0 Å². The lowest BCUT2D eigenvalue weighted by Crippen LogP contribution is -2.38. The minimum atomic E-state index is -3.71. The van der Waals surface area contributed by atoms with Crippen LogP contribution in [0.1, 0.15) is 19.3 Å². The van der Waals surface area contributed by atoms with Gasteiger partial charge in [0.1, 0.15) is 5.82 Å². The number of carbonyl (C=O) groups excluding carboxylic acids is 1. The van der Waals surface area contributed by atoms with E-state index in [4.69, 9.17) is 0 Å². The van der Waals surface area contributed by atoms with E-state index in [2.05, 4.69) is 15.0 Å². The molecule has 8 heteroatoms. The number of likely N-dealkylation sites (tertiary alicyclic amines) is 1. The molecule has 0 atom stereocenters. The molecule has 2 aromatic rings. The van der Waals surface area contributed by atoms with Gasteiger partial charge < -0.3 is 10.2 Å². The van der Waals surface area contributed by atoms with Crippen molar-refractivity contribution in [1.29, 1.82) is 0 Å². The van der Waals surface area contributed by atoms with Crippen molar-refractivity contribution in [2.45, 2.75) is 24.2 Å². The Bertz CT molecular complexity index is 817. The first-order valence-electron chi connectivity index (χ1n) is 8.14. The van der Waals surface area contributed by atoms with Gasteiger partial charge in [-0.2, -0.15) is 0 Å². The second-order valence-corrected chi connectivity index (χ2v) is 7.51. The van der Waals surface area contributed by atoms with Crippen LogP contribution in [0, 0.1) is 0 Å². The predicted octanol–water partition coefficient (Wildman–Crippen LogP) is 2.90. The van der Waals surface area contributed by atoms with Crippen LogP contribution in [-0.2, 0) is 10.0 Å². The Hall–Kier alpha value is -2.61. The zero-order valence-corrected chi connectivity index (χ0v) is 14.5. The van der Waals surface area contributed by atoms with E-state index in [1.165, 1.54) is 18.3 Å². The first kappa shape index (κ1) is 17.2. The Morgan fingerprint density at radius 2 is 1.72 bits per heavy atom. The number of benzene rings is 1. The number of aromatic nitrogens is 1. The van der Waals surface area contributed by atoms with E-state index in [9.17, 15) is 13.2 Å². The normalized spacial score (nSPS) is 14.8. The molecule has 3 rings (SSSR count). The Morgan fingerprint density at radius 1 is 1.00 bits per heavy atom. The highest BCUT2D eigenvalue weighted by atomic mass is 32.2. The molecule has 0 bridgehead atoms. The van der Waals surface area contributed by atoms with Gasteiger partial charge >= 0.3 is 6.03 Å². The predicted molar refractivity (Wildman–Crippen MR) is 95.9 cm³/mol. The number of carbonyl (C=O) groups is 1. The zero-order valence-electron chi connectivity index (χ0n) is 13.7. The van der Waals surface area contributed by atoms with Crippen molar-refractivity contribution >= 4 is 27.6 Å². The summed E-state index contributed by atoms with van der Waals surface area (Å²) < 4.78 is 27.1. The number of anilines is 2. The number of rotatable bonds is 4. The summed E-state index contributed by atoms with van der Waals surface area (Å²) in [6.45, 7) is 1.51. The van der Waals surface area contributed by atoms with Crippen molar-refractivity contribution in [3.05, 3.63) is 48.7 Å². The van der Waals surface area contributed by atoms with Crippen molar-refractivity contribution in [1.82, 2.24) is 9.88 Å². The van der Waals surface area contributed by atoms with Gasteiger partial charge in [-0.3, -0.25) is 4.72 Å². The Labute approximate surface area is 147 Å². The van der Waals surface area contributed by atoms with Crippen molar-refractivity contribution in [3.63, 3.8) is 0 Å². The van der Waals surface area contributed by atoms with Crippen LogP contribution in [0.4, 0.5) is 16.3 Å². The molecular formula is C17H20N4O3S. The number of nitrogens with zero attached hydrogens (tertiary/aromatic N) is 2. The first-order chi connectivity index (χ1) is 12.0. The van der Waals surface area contributed by atoms with Gasteiger partial charge in [0.25, 0.3) is 10.0 Å². The number of pyridine rings is 1. The minimum absolute atomic E-state index is 0.106. The molecule has 0 saturated carbocycles. The first-order valence-corrected chi connectivity index (χ1v) is 9.63. The molecule has 2 amide bonds. The quantitative estimate of drug-likeness (QED) is 0.877. The maximum absolute atomic E-state index is 12.3. The van der Waals surface area contributed by atoms with Gasteiger partial charge in [0, 0.05) is 25.0 Å². The zero-order chi connectivity index (χ0) is 17.7. The summed E-state index contributed by atoms with van der Waals surface area (Å²) in [4.78, 5) is 18.0. The molecular weight excluding hydrogens is 340 g/mol. The van der Waals surface area contributed by atoms with E-state index >= 15 is 0 Å². The third-order valence-electron chi connectivity index (χ3n) is 3.96. The van der Waals surface area contributed by atoms with Crippen molar-refractivity contribution < 1.29 is 13.2 Å². The van der Waals surface area contributed by atoms with Crippen LogP contribution in [-0.4, -0.2) is 37.4 Å². The van der Waals surface area contributed by atoms with E-state index in [0.29, 0.717) is 5.69 Å². The van der Waals surface area contributed by atoms with Crippen LogP contribution in [0.3, 0.4) is 0 Å². The maximum atomic E-state index is 12.3. The van der Waals surface area contributed by atoms with Crippen molar-refractivity contribution in [2.75, 3.05) is 23.1 Å². The largest absolute Gasteiger partial charge is 0.325 e. The molecule has 132 valence electrons. The second-order valence-electron chi connectivity index (χ2n) is 5.82. The van der Waals surface area contributed by atoms with E-state index in [1.807, 2.05) is 0 Å². The number of hydrogen-bond donors (Lipinski definition) is 2. The topological polar surface area (TPSA) is 91.4 Å². The Balaban J connectivity index is 1.66. The Kier molecular flexibility index (Phi) is 5.18. The molecule has 1 aromatic heterocycles. The highest BCUT2D eigenvalue weighted by molar-refractivity contribution is 7.92. The molecule has 0 unspecified atom stereocenters. The van der Waals surface area contributed by atoms with Gasteiger partial charge in [-0.05, 0) is 55.7 Å². The average Bonchev–Trinajstić information content (AvgIpc) is 2.63. The number of urea groups is 1. The van der Waals surface area contributed by atoms with Gasteiger partial charge in [0.2, 0.25) is 0 Å². The third kappa shape index (κ3) is 4.48. The molecule has 0 radical (unpaired) electrons. The number of sulfonamides is 1. The number of piperidine rings is 1. The average molecular weight is 360 g/mol. The van der Waals surface area contributed by atoms with Crippen LogP contribution >= 0.6 is 0 Å². The fraction of sp³-hybridized carbons (Fsp3) is 0.294. The molecule has 1 aliphatic heterocycles. The molecule has 7 nitrogen and oxygen atoms in total. The summed E-state index contributed by atoms with van der Waals surface area (Å²) in [5.41, 5.74) is 0.562. The molecule has 0 aliphatic carbocycles. The van der Waals surface area contributed by atoms with Crippen LogP contribution in [0.15, 0.2) is 53.6 Å². The summed E-state index contributed by atoms with van der Waals surface area (Å²) in [5.74, 6) is 0.255. The summed E-state index contributed by atoms with van der Waals surface area (Å²) >= 11 is 0. The van der Waals surface area contributed by atoms with E-state index in [1.54, 1.807) is 35.2 Å². The van der Waals surface area contributed by atoms with Gasteiger partial charge in [0.15, 0.2) is 0 Å². The highest BCUT2D eigenvalue weighted by Gasteiger charge is 2.17. The van der Waals surface area contributed by atoms with Crippen molar-refractivity contribution in [3.8, 4) is 0 Å². The fourth-order valence-corrected chi connectivity index (χ4v) is 3.64. The van der Waals surface area contributed by atoms with Gasteiger partial charge in [0.05, 0.1) is 4.90 Å². The van der Waals surface area contributed by atoms with Gasteiger partial charge in [-0.25, -0.2) is 18.2 Å². The lowest BCUT2D eigenvalue weighted by Gasteiger charge is -2.26. The molecule has 2 heterocycles. The second kappa shape index (κ2) is 7.52. The molecule has 0 spiro atoms. The third-order valence-corrected chi connectivity index (χ3v) is 5.33. The summed E-state index contributed by atoms with van der Waals surface area (Å²) in [7, 11) is -3.71. The summed E-state index contributed by atoms with van der Waals surface area (Å²) in [6, 6.07) is 10.9. The van der Waals surface area contributed by atoms with Crippen LogP contribution in [0.5, 0.6) is 0 Å². The van der Waals surface area contributed by atoms with Crippen LogP contribution in [0.2, 0.25) is 0 Å². The fourth-order valence-electron chi connectivity index (χ4n) is 2.64. The van der Waals surface area contributed by atoms with Gasteiger partial charge in [-0.1, -0.05) is 6.07 Å². The summed E-state index contributed by atoms with van der Waals surface area (Å²) in [6.07, 6.45) is 4.70. The standard InChI is InChI=1S/C17H20N4O3S/c22-17(21-12-4-1-5-13-21)19-14-7-9-15(10-8-14)25(23,24)20-16-6-2-3-11-18-16/h2-3,6-11H,1,4-5,12-13H2,(H,18,20)(H,19,22). The lowest BCUT2D eigenvalue weighted by molar-refractivity contribution is 0.200. The molecule has 2 N–H and O–H groups in total. The SMILES string of the molecule is O=C(Nc1ccc(S(=O)(=O)Nc2ccccn2)cc1)N1CCCCC1. The highest BCUT2D eigenvalue weighted by Crippen LogP contribution is 2.18.